The summed E-state index contributed by atoms with van der Waals surface area (Å²) in [7, 11) is 0. The normalized spacial score (nSPS) is 16.4. The topological polar surface area (TPSA) is 44.7 Å². The molecule has 3 aromatic carbocycles. The SMILES string of the molecule is Cc1csc(C(c2ccc(OCC(O)CN3CCNCC3)cc2)c2cccc3ccccc23)c1. The molecule has 2 N–H and O–H groups in total. The van der Waals surface area contributed by atoms with Gasteiger partial charge in [0, 0.05) is 43.5 Å². The predicted molar refractivity (Wildman–Crippen MR) is 141 cm³/mol. The van der Waals surface area contributed by atoms with Crippen molar-refractivity contribution in [1.82, 2.24) is 10.2 Å². The van der Waals surface area contributed by atoms with Crippen molar-refractivity contribution in [2.75, 3.05) is 39.3 Å². The number of hydrogen-bond donors (Lipinski definition) is 2. The molecule has 4 nitrogen and oxygen atoms in total. The average Bonchev–Trinajstić information content (AvgIpc) is 3.30. The van der Waals surface area contributed by atoms with Crippen LogP contribution in [0.1, 0.15) is 27.5 Å². The van der Waals surface area contributed by atoms with Crippen molar-refractivity contribution in [1.29, 1.82) is 0 Å². The van der Waals surface area contributed by atoms with Gasteiger partial charge in [-0.2, -0.15) is 0 Å². The van der Waals surface area contributed by atoms with Crippen LogP contribution in [0.15, 0.2) is 78.2 Å². The summed E-state index contributed by atoms with van der Waals surface area (Å²) in [4.78, 5) is 3.62. The summed E-state index contributed by atoms with van der Waals surface area (Å²) in [5.74, 6) is 0.958. The molecule has 2 unspecified atom stereocenters. The monoisotopic (exact) mass is 472 g/mol. The largest absolute Gasteiger partial charge is 0.491 e. The molecule has 0 aliphatic carbocycles. The molecule has 1 saturated heterocycles. The highest BCUT2D eigenvalue weighted by atomic mass is 32.1. The highest BCUT2D eigenvalue weighted by molar-refractivity contribution is 7.10. The molecule has 2 heterocycles. The van der Waals surface area contributed by atoms with Crippen LogP contribution in [0.4, 0.5) is 0 Å². The quantitative estimate of drug-likeness (QED) is 0.377. The molecule has 2 atom stereocenters. The number of aryl methyl sites for hydroxylation is 1. The highest BCUT2D eigenvalue weighted by Gasteiger charge is 2.21. The minimum Gasteiger partial charge on any atom is -0.491 e. The molecule has 0 amide bonds. The molecule has 1 aromatic heterocycles. The number of fused-ring (bicyclic) bond motifs is 1. The van der Waals surface area contributed by atoms with E-state index in [1.165, 1.54) is 32.3 Å². The van der Waals surface area contributed by atoms with Crippen molar-refractivity contribution in [3.63, 3.8) is 0 Å². The molecular weight excluding hydrogens is 440 g/mol. The van der Waals surface area contributed by atoms with E-state index in [4.69, 9.17) is 4.74 Å². The van der Waals surface area contributed by atoms with Crippen LogP contribution in [0.5, 0.6) is 5.75 Å². The zero-order valence-electron chi connectivity index (χ0n) is 19.6. The van der Waals surface area contributed by atoms with Gasteiger partial charge in [-0.05, 0) is 58.0 Å². The van der Waals surface area contributed by atoms with Crippen molar-refractivity contribution in [2.45, 2.75) is 18.9 Å². The minimum atomic E-state index is -0.490. The first kappa shape index (κ1) is 23.1. The van der Waals surface area contributed by atoms with E-state index in [0.717, 1.165) is 31.9 Å². The van der Waals surface area contributed by atoms with E-state index in [-0.39, 0.29) is 5.92 Å². The van der Waals surface area contributed by atoms with Gasteiger partial charge in [-0.25, -0.2) is 0 Å². The summed E-state index contributed by atoms with van der Waals surface area (Å²) in [5, 5.41) is 18.5. The van der Waals surface area contributed by atoms with Crippen LogP contribution in [-0.4, -0.2) is 55.4 Å². The molecule has 0 radical (unpaired) electrons. The van der Waals surface area contributed by atoms with E-state index in [1.54, 1.807) is 0 Å². The summed E-state index contributed by atoms with van der Waals surface area (Å²) < 4.78 is 5.94. The Morgan fingerprint density at radius 1 is 1.00 bits per heavy atom. The third-order valence-corrected chi connectivity index (χ3v) is 7.62. The molecule has 1 aliphatic heterocycles. The van der Waals surface area contributed by atoms with Crippen molar-refractivity contribution in [2.24, 2.45) is 0 Å². The molecule has 5 heteroatoms. The van der Waals surface area contributed by atoms with E-state index in [0.29, 0.717) is 13.2 Å². The van der Waals surface area contributed by atoms with Gasteiger partial charge >= 0.3 is 0 Å². The fourth-order valence-electron chi connectivity index (χ4n) is 4.80. The smallest absolute Gasteiger partial charge is 0.119 e. The molecular formula is C29H32N2O2S. The van der Waals surface area contributed by atoms with Gasteiger partial charge < -0.3 is 15.2 Å². The van der Waals surface area contributed by atoms with E-state index in [2.05, 4.69) is 83.2 Å². The number of nitrogens with zero attached hydrogens (tertiary/aromatic N) is 1. The lowest BCUT2D eigenvalue weighted by Crippen LogP contribution is -2.47. The van der Waals surface area contributed by atoms with Crippen LogP contribution in [0.3, 0.4) is 0 Å². The number of ether oxygens (including phenoxy) is 1. The molecule has 4 aromatic rings. The summed E-state index contributed by atoms with van der Waals surface area (Å²) in [6.07, 6.45) is -0.490. The predicted octanol–water partition coefficient (Wildman–Crippen LogP) is 5.03. The van der Waals surface area contributed by atoms with Gasteiger partial charge in [-0.1, -0.05) is 54.6 Å². The number of aliphatic hydroxyl groups excluding tert-OH is 1. The fourth-order valence-corrected chi connectivity index (χ4v) is 5.84. The van der Waals surface area contributed by atoms with Crippen LogP contribution in [0.25, 0.3) is 10.8 Å². The molecule has 0 saturated carbocycles. The number of hydrogen-bond acceptors (Lipinski definition) is 5. The zero-order chi connectivity index (χ0) is 23.3. The average molecular weight is 473 g/mol. The Labute approximate surface area is 205 Å². The van der Waals surface area contributed by atoms with Gasteiger partial charge in [0.05, 0.1) is 0 Å². The van der Waals surface area contributed by atoms with E-state index < -0.39 is 6.10 Å². The Morgan fingerprint density at radius 2 is 1.76 bits per heavy atom. The molecule has 176 valence electrons. The van der Waals surface area contributed by atoms with Crippen LogP contribution in [-0.2, 0) is 0 Å². The molecule has 34 heavy (non-hydrogen) atoms. The van der Waals surface area contributed by atoms with E-state index in [9.17, 15) is 5.11 Å². The lowest BCUT2D eigenvalue weighted by molar-refractivity contribution is 0.0641. The van der Waals surface area contributed by atoms with Crippen molar-refractivity contribution in [3.8, 4) is 5.75 Å². The Bertz CT molecular complexity index is 1210. The maximum absolute atomic E-state index is 10.4. The number of benzene rings is 3. The molecule has 0 bridgehead atoms. The van der Waals surface area contributed by atoms with Crippen LogP contribution in [0, 0.1) is 6.92 Å². The lowest BCUT2D eigenvalue weighted by atomic mass is 9.86. The van der Waals surface area contributed by atoms with Gasteiger partial charge in [0.1, 0.15) is 18.5 Å². The van der Waals surface area contributed by atoms with Crippen molar-refractivity contribution in [3.05, 3.63) is 99.7 Å². The second kappa shape index (κ2) is 10.7. The third-order valence-electron chi connectivity index (χ3n) is 6.50. The van der Waals surface area contributed by atoms with Crippen LogP contribution in [0.2, 0.25) is 0 Å². The second-order valence-corrected chi connectivity index (χ2v) is 10.1. The summed E-state index contributed by atoms with van der Waals surface area (Å²) in [5.41, 5.74) is 3.86. The first-order valence-corrected chi connectivity index (χ1v) is 12.9. The number of β-amino-alcohol motifs (C(OH)–C–C–N with tert-alkyl or cyclic N) is 1. The fraction of sp³-hybridized carbons (Fsp3) is 0.310. The number of nitrogens with one attached hydrogen (secondary N) is 1. The minimum absolute atomic E-state index is 0.164. The third kappa shape index (κ3) is 5.34. The highest BCUT2D eigenvalue weighted by Crippen LogP contribution is 2.39. The molecule has 1 fully saturated rings. The Kier molecular flexibility index (Phi) is 7.26. The first-order chi connectivity index (χ1) is 16.7. The van der Waals surface area contributed by atoms with Gasteiger partial charge in [0.2, 0.25) is 0 Å². The first-order valence-electron chi connectivity index (χ1n) is 12.0. The molecule has 0 spiro atoms. The number of rotatable bonds is 8. The Hall–Kier alpha value is -2.70. The second-order valence-electron chi connectivity index (χ2n) is 9.11. The van der Waals surface area contributed by atoms with Crippen molar-refractivity contribution < 1.29 is 9.84 Å². The van der Waals surface area contributed by atoms with Crippen LogP contribution < -0.4 is 10.1 Å². The van der Waals surface area contributed by atoms with E-state index >= 15 is 0 Å². The lowest BCUT2D eigenvalue weighted by Gasteiger charge is -2.29. The van der Waals surface area contributed by atoms with Gasteiger partial charge in [0.15, 0.2) is 0 Å². The Morgan fingerprint density at radius 3 is 2.53 bits per heavy atom. The summed E-state index contributed by atoms with van der Waals surface area (Å²) >= 11 is 1.82. The summed E-state index contributed by atoms with van der Waals surface area (Å²) in [6.45, 7) is 7.03. The van der Waals surface area contributed by atoms with Gasteiger partial charge in [-0.3, -0.25) is 4.90 Å². The maximum Gasteiger partial charge on any atom is 0.119 e. The van der Waals surface area contributed by atoms with Crippen LogP contribution >= 0.6 is 11.3 Å². The van der Waals surface area contributed by atoms with Crippen molar-refractivity contribution >= 4 is 22.1 Å². The summed E-state index contributed by atoms with van der Waals surface area (Å²) in [6, 6.07) is 25.9. The zero-order valence-corrected chi connectivity index (χ0v) is 20.4. The van der Waals surface area contributed by atoms with Gasteiger partial charge in [0.25, 0.3) is 0 Å². The van der Waals surface area contributed by atoms with Gasteiger partial charge in [-0.15, -0.1) is 11.3 Å². The van der Waals surface area contributed by atoms with E-state index in [1.807, 2.05) is 23.5 Å². The maximum atomic E-state index is 10.4. The Balaban J connectivity index is 1.35. The standard InChI is InChI=1S/C29H32N2O2S/c1-21-17-28(34-20-21)29(27-8-4-6-22-5-2-3-7-26(22)27)23-9-11-25(12-10-23)33-19-24(32)18-31-15-13-30-14-16-31/h2-12,17,20,24,29-30,32H,13-16,18-19H2,1H3. The number of piperazine rings is 1. The molecule has 5 rings (SSSR count). The number of thiophene rings is 1. The molecule has 1 aliphatic rings. The number of aliphatic hydroxyl groups is 1.